The summed E-state index contributed by atoms with van der Waals surface area (Å²) in [6.07, 6.45) is 0. The average molecular weight is 372 g/mol. The molecule has 0 radical (unpaired) electrons. The molecule has 0 saturated heterocycles. The molecule has 0 aliphatic heterocycles. The zero-order valence-corrected chi connectivity index (χ0v) is 13.8. The highest BCUT2D eigenvalue weighted by Gasteiger charge is 2.20. The number of rotatable bonds is 5. The maximum Gasteiger partial charge on any atom is 0.337 e. The summed E-state index contributed by atoms with van der Waals surface area (Å²) in [5.74, 6) is -4.56. The van der Waals surface area contributed by atoms with Gasteiger partial charge in [0.2, 0.25) is 11.8 Å². The molecule has 0 aromatic heterocycles. The van der Waals surface area contributed by atoms with Gasteiger partial charge < -0.3 is 27.4 Å². The number of amides is 2. The predicted molar refractivity (Wildman–Crippen MR) is 94.9 cm³/mol. The van der Waals surface area contributed by atoms with Crippen molar-refractivity contribution in [1.29, 1.82) is 5.41 Å². The zero-order valence-electron chi connectivity index (χ0n) is 13.8. The summed E-state index contributed by atoms with van der Waals surface area (Å²) in [6, 6.07) is 9.94. The van der Waals surface area contributed by atoms with Crippen LogP contribution in [0.5, 0.6) is 0 Å². The summed E-state index contributed by atoms with van der Waals surface area (Å²) < 4.78 is 0. The van der Waals surface area contributed by atoms with E-state index in [4.69, 9.17) is 32.8 Å². The summed E-state index contributed by atoms with van der Waals surface area (Å²) in [7, 11) is 0. The number of hydrogen-bond donors (Lipinski definition) is 6. The van der Waals surface area contributed by atoms with E-state index in [9.17, 15) is 19.2 Å². The molecule has 10 heteroatoms. The number of benzene rings is 2. The Morgan fingerprint density at radius 1 is 0.667 bits per heavy atom. The topological polar surface area (TPSA) is 211 Å². The van der Waals surface area contributed by atoms with Crippen molar-refractivity contribution in [3.8, 4) is 0 Å². The van der Waals surface area contributed by atoms with Gasteiger partial charge in [-0.25, -0.2) is 9.59 Å². The van der Waals surface area contributed by atoms with Gasteiger partial charge in [-0.05, 0) is 18.2 Å². The highest BCUT2D eigenvalue weighted by atomic mass is 16.4. The zero-order chi connectivity index (χ0) is 20.7. The summed E-state index contributed by atoms with van der Waals surface area (Å²) in [5.41, 5.74) is 14.5. The molecule has 0 aliphatic carbocycles. The van der Waals surface area contributed by atoms with Crippen LogP contribution in [0.3, 0.4) is 0 Å². The van der Waals surface area contributed by atoms with Crippen molar-refractivity contribution < 1.29 is 29.4 Å². The Morgan fingerprint density at radius 2 is 1.07 bits per heavy atom. The van der Waals surface area contributed by atoms with E-state index in [1.54, 1.807) is 12.1 Å². The van der Waals surface area contributed by atoms with Gasteiger partial charge in [-0.15, -0.1) is 0 Å². The molecule has 0 atom stereocenters. The van der Waals surface area contributed by atoms with Crippen LogP contribution in [0.1, 0.15) is 47.0 Å². The fourth-order valence-corrected chi connectivity index (χ4v) is 2.10. The predicted octanol–water partition coefficient (Wildman–Crippen LogP) is 0.251. The lowest BCUT2D eigenvalue weighted by molar-refractivity contribution is 0.0651. The molecule has 2 rings (SSSR count). The Labute approximate surface area is 152 Å². The standard InChI is InChI=1S/C9H8N2O4.C8H8N2O2/c10-7(11)4-2-1-3-5(8(12)13)6(4)9(14)15;9-7(11)5-3-1-2-4-6(5)8(10)12/h1-3H,(H3,10,11)(H,12,13)(H,14,15);1-4H,(H2,9,11)(H2,10,12). The largest absolute Gasteiger partial charge is 0.478 e. The molecule has 0 fully saturated rings. The van der Waals surface area contributed by atoms with Crippen LogP contribution in [-0.2, 0) is 0 Å². The number of nitrogens with one attached hydrogen (secondary N) is 1. The number of hydrogen-bond acceptors (Lipinski definition) is 5. The number of amidine groups is 1. The average Bonchev–Trinajstić information content (AvgIpc) is 2.61. The van der Waals surface area contributed by atoms with Gasteiger partial charge in [0.05, 0.1) is 22.3 Å². The number of carboxylic acid groups (broad SMARTS) is 2. The highest BCUT2D eigenvalue weighted by Crippen LogP contribution is 2.14. The highest BCUT2D eigenvalue weighted by molar-refractivity contribution is 6.11. The molecular formula is C17H16N4O6. The van der Waals surface area contributed by atoms with E-state index in [0.29, 0.717) is 0 Å². The molecule has 0 heterocycles. The van der Waals surface area contributed by atoms with E-state index in [-0.39, 0.29) is 22.3 Å². The third-order valence-corrected chi connectivity index (χ3v) is 3.26. The normalized spacial score (nSPS) is 9.48. The van der Waals surface area contributed by atoms with Gasteiger partial charge in [-0.1, -0.05) is 24.3 Å². The number of aromatic carboxylic acids is 2. The number of nitrogens with two attached hydrogens (primary N) is 3. The lowest BCUT2D eigenvalue weighted by atomic mass is 10.0. The smallest absolute Gasteiger partial charge is 0.337 e. The first-order valence-electron chi connectivity index (χ1n) is 7.20. The van der Waals surface area contributed by atoms with Crippen LogP contribution >= 0.6 is 0 Å². The van der Waals surface area contributed by atoms with Crippen LogP contribution in [0.2, 0.25) is 0 Å². The van der Waals surface area contributed by atoms with Crippen molar-refractivity contribution in [2.24, 2.45) is 17.2 Å². The van der Waals surface area contributed by atoms with Gasteiger partial charge in [0.1, 0.15) is 5.84 Å². The molecular weight excluding hydrogens is 356 g/mol. The van der Waals surface area contributed by atoms with Crippen LogP contribution < -0.4 is 17.2 Å². The number of carboxylic acids is 2. The van der Waals surface area contributed by atoms with E-state index in [2.05, 4.69) is 0 Å². The first-order valence-corrected chi connectivity index (χ1v) is 7.20. The summed E-state index contributed by atoms with van der Waals surface area (Å²) >= 11 is 0. The number of nitrogen functional groups attached to an aromatic ring is 1. The van der Waals surface area contributed by atoms with Crippen LogP contribution in [0, 0.1) is 5.41 Å². The van der Waals surface area contributed by atoms with Crippen LogP contribution in [-0.4, -0.2) is 39.8 Å². The Bertz CT molecular complexity index is 874. The van der Waals surface area contributed by atoms with Gasteiger partial charge in [-0.3, -0.25) is 15.0 Å². The van der Waals surface area contributed by atoms with Gasteiger partial charge in [0.25, 0.3) is 0 Å². The van der Waals surface area contributed by atoms with Crippen molar-refractivity contribution in [3.63, 3.8) is 0 Å². The third kappa shape index (κ3) is 5.13. The van der Waals surface area contributed by atoms with Crippen molar-refractivity contribution >= 4 is 29.6 Å². The van der Waals surface area contributed by atoms with E-state index in [1.807, 2.05) is 0 Å². The number of carbonyl (C=O) groups is 4. The van der Waals surface area contributed by atoms with Crippen LogP contribution in [0.25, 0.3) is 0 Å². The van der Waals surface area contributed by atoms with Gasteiger partial charge in [-0.2, -0.15) is 0 Å². The first-order chi connectivity index (χ1) is 12.6. The Balaban J connectivity index is 0.000000277. The maximum atomic E-state index is 10.8. The summed E-state index contributed by atoms with van der Waals surface area (Å²) in [5, 5.41) is 24.7. The van der Waals surface area contributed by atoms with Crippen LogP contribution in [0.4, 0.5) is 0 Å². The van der Waals surface area contributed by atoms with E-state index in [0.717, 1.165) is 6.07 Å². The lowest BCUT2D eigenvalue weighted by Crippen LogP contribution is -2.20. The molecule has 10 nitrogen and oxygen atoms in total. The molecule has 0 spiro atoms. The molecule has 0 saturated carbocycles. The van der Waals surface area contributed by atoms with E-state index < -0.39 is 35.2 Å². The van der Waals surface area contributed by atoms with Gasteiger partial charge >= 0.3 is 11.9 Å². The van der Waals surface area contributed by atoms with Crippen molar-refractivity contribution in [1.82, 2.24) is 0 Å². The molecule has 9 N–H and O–H groups in total. The summed E-state index contributed by atoms with van der Waals surface area (Å²) in [6.45, 7) is 0. The fraction of sp³-hybridized carbons (Fsp3) is 0. The monoisotopic (exact) mass is 372 g/mol. The number of carbonyl (C=O) groups excluding carboxylic acids is 2. The van der Waals surface area contributed by atoms with Gasteiger partial charge in [0, 0.05) is 5.56 Å². The Kier molecular flexibility index (Phi) is 6.76. The minimum Gasteiger partial charge on any atom is -0.478 e. The molecule has 0 aliphatic rings. The summed E-state index contributed by atoms with van der Waals surface area (Å²) in [4.78, 5) is 43.0. The fourth-order valence-electron chi connectivity index (χ4n) is 2.10. The maximum absolute atomic E-state index is 10.8. The minimum absolute atomic E-state index is 0.0950. The SMILES string of the molecule is N=C(N)c1cccc(C(=O)O)c1C(=O)O.NC(=O)c1ccccc1C(N)=O. The molecule has 2 aromatic rings. The van der Waals surface area contributed by atoms with Crippen LogP contribution in [0.15, 0.2) is 42.5 Å². The minimum atomic E-state index is -1.42. The van der Waals surface area contributed by atoms with E-state index >= 15 is 0 Å². The lowest BCUT2D eigenvalue weighted by Gasteiger charge is -2.06. The Morgan fingerprint density at radius 3 is 1.41 bits per heavy atom. The molecule has 27 heavy (non-hydrogen) atoms. The van der Waals surface area contributed by atoms with Crippen molar-refractivity contribution in [3.05, 3.63) is 70.3 Å². The van der Waals surface area contributed by atoms with Crippen molar-refractivity contribution in [2.45, 2.75) is 0 Å². The van der Waals surface area contributed by atoms with Gasteiger partial charge in [0.15, 0.2) is 0 Å². The first kappa shape index (κ1) is 20.8. The second-order valence-electron chi connectivity index (χ2n) is 5.03. The van der Waals surface area contributed by atoms with Crippen molar-refractivity contribution in [2.75, 3.05) is 0 Å². The Hall–Kier alpha value is -4.21. The quantitative estimate of drug-likeness (QED) is 0.318. The molecule has 0 unspecified atom stereocenters. The molecule has 2 aromatic carbocycles. The molecule has 2 amide bonds. The molecule has 0 bridgehead atoms. The molecule has 140 valence electrons. The number of primary amides is 2. The van der Waals surface area contributed by atoms with E-state index in [1.165, 1.54) is 24.3 Å². The second kappa shape index (κ2) is 8.76. The second-order valence-corrected chi connectivity index (χ2v) is 5.03. The third-order valence-electron chi connectivity index (χ3n) is 3.26.